The predicted octanol–water partition coefficient (Wildman–Crippen LogP) is 15.8. The predicted molar refractivity (Wildman–Crippen MR) is 315 cm³/mol. The number of methoxy groups -OCH3 is 2. The van der Waals surface area contributed by atoms with Crippen LogP contribution in [0.1, 0.15) is 103 Å². The third-order valence-electron chi connectivity index (χ3n) is 14.2. The molecule has 1 aliphatic carbocycles. The molecule has 0 N–H and O–H groups in total. The van der Waals surface area contributed by atoms with Crippen molar-refractivity contribution in [3.05, 3.63) is 143 Å². The van der Waals surface area contributed by atoms with Gasteiger partial charge in [-0.3, -0.25) is 0 Å². The maximum absolute atomic E-state index is 17.3. The molecule has 2 heterocycles. The molecule has 0 fully saturated rings. The highest BCUT2D eigenvalue weighted by molar-refractivity contribution is 7.19. The second-order valence-electron chi connectivity index (χ2n) is 23.3. The number of carbonyl (C=O) groups excluding carboxylic acids is 2. The fourth-order valence-electron chi connectivity index (χ4n) is 9.40. The number of hydrogen-bond donors (Lipinski definition) is 0. The summed E-state index contributed by atoms with van der Waals surface area (Å²) in [5, 5.41) is 0. The average Bonchev–Trinajstić information content (AvgIpc) is 1.56. The fourth-order valence-corrected chi connectivity index (χ4v) is 11.7. The van der Waals surface area contributed by atoms with Gasteiger partial charge < -0.3 is 37.9 Å². The van der Waals surface area contributed by atoms with Crippen LogP contribution in [0.25, 0.3) is 52.9 Å². The Morgan fingerprint density at radius 3 is 1.01 bits per heavy atom. The number of alkyl halides is 6. The molecule has 0 saturated heterocycles. The van der Waals surface area contributed by atoms with Crippen LogP contribution in [0.4, 0.5) is 26.3 Å². The monoisotopic (exact) mass is 1190 g/mol. The van der Waals surface area contributed by atoms with Gasteiger partial charge in [0.25, 0.3) is 0 Å². The maximum atomic E-state index is 17.3. The summed E-state index contributed by atoms with van der Waals surface area (Å²) in [5.74, 6) is -17.9. The summed E-state index contributed by atoms with van der Waals surface area (Å²) in [4.78, 5) is 26.5. The van der Waals surface area contributed by atoms with Crippen LogP contribution in [0.2, 0.25) is 0 Å². The van der Waals surface area contributed by atoms with E-state index in [-0.39, 0.29) is 60.2 Å². The third kappa shape index (κ3) is 14.9. The fraction of sp³-hybridized carbons (Fsp3) is 0.446. The van der Waals surface area contributed by atoms with E-state index < -0.39 is 63.2 Å². The Balaban J connectivity index is 1.33. The van der Waals surface area contributed by atoms with Crippen molar-refractivity contribution < 1.29 is 73.8 Å². The molecule has 2 aromatic heterocycles. The zero-order chi connectivity index (χ0) is 60.8. The van der Waals surface area contributed by atoms with Crippen LogP contribution in [0, 0.1) is 0 Å². The molecule has 0 radical (unpaired) electrons. The van der Waals surface area contributed by atoms with Crippen LogP contribution in [0.15, 0.2) is 109 Å². The largest absolute Gasteiger partial charge is 0.453 e. The number of carbonyl (C=O) groups is 2. The zero-order valence-corrected chi connectivity index (χ0v) is 50.8. The highest BCUT2D eigenvalue weighted by Crippen LogP contribution is 2.67. The molecule has 6 aromatic rings. The Hall–Kier alpha value is -5.70. The number of allylic oxidation sites excluding steroid dienone is 2. The molecule has 10 nitrogen and oxygen atoms in total. The Kier molecular flexibility index (Phi) is 20.5. The topological polar surface area (TPSA) is 108 Å². The lowest BCUT2D eigenvalue weighted by Crippen LogP contribution is -2.48. The number of halogens is 6. The zero-order valence-electron chi connectivity index (χ0n) is 49.1. The van der Waals surface area contributed by atoms with Gasteiger partial charge in [0.05, 0.1) is 52.9 Å². The molecule has 1 aliphatic rings. The van der Waals surface area contributed by atoms with Crippen LogP contribution in [-0.2, 0) is 69.5 Å². The number of rotatable bonds is 26. The van der Waals surface area contributed by atoms with Crippen LogP contribution in [-0.4, -0.2) is 110 Å². The molecular formula is C65H74F6O10S2. The summed E-state index contributed by atoms with van der Waals surface area (Å²) in [6.45, 7) is 20.5. The molecule has 0 aliphatic heterocycles. The third-order valence-corrected chi connectivity index (χ3v) is 16.7. The van der Waals surface area contributed by atoms with Gasteiger partial charge in [0.1, 0.15) is 24.4 Å². The van der Waals surface area contributed by atoms with E-state index in [0.717, 1.165) is 33.8 Å². The van der Waals surface area contributed by atoms with Gasteiger partial charge >= 0.3 is 29.7 Å². The van der Waals surface area contributed by atoms with Gasteiger partial charge in [0, 0.05) is 56.0 Å². The number of benzene rings is 4. The van der Waals surface area contributed by atoms with Gasteiger partial charge in [-0.25, -0.2) is 9.59 Å². The van der Waals surface area contributed by atoms with Crippen molar-refractivity contribution in [3.8, 4) is 41.8 Å². The summed E-state index contributed by atoms with van der Waals surface area (Å²) in [6.07, 6.45) is 0. The number of ether oxygens (including phenoxy) is 8. The van der Waals surface area contributed by atoms with Gasteiger partial charge in [0.2, 0.25) is 0 Å². The number of thiophene rings is 2. The smallest absolute Gasteiger partial charge is 0.380 e. The number of hydrogen-bond acceptors (Lipinski definition) is 12. The molecule has 0 unspecified atom stereocenters. The van der Waals surface area contributed by atoms with Gasteiger partial charge in [-0.1, -0.05) is 139 Å². The molecule has 0 bridgehead atoms. The minimum absolute atomic E-state index is 0.0764. The van der Waals surface area contributed by atoms with E-state index in [9.17, 15) is 9.59 Å². The van der Waals surface area contributed by atoms with E-state index in [1.54, 1.807) is 115 Å². The molecule has 448 valence electrons. The van der Waals surface area contributed by atoms with Crippen LogP contribution in [0.3, 0.4) is 0 Å². The first-order valence-corrected chi connectivity index (χ1v) is 28.9. The first-order chi connectivity index (χ1) is 38.9. The lowest BCUT2D eigenvalue weighted by molar-refractivity contribution is -0.254. The quantitative estimate of drug-likeness (QED) is 0.0296. The van der Waals surface area contributed by atoms with Crippen molar-refractivity contribution in [2.24, 2.45) is 0 Å². The lowest BCUT2D eigenvalue weighted by Gasteiger charge is -2.26. The van der Waals surface area contributed by atoms with Crippen molar-refractivity contribution >= 4 is 45.8 Å². The summed E-state index contributed by atoms with van der Waals surface area (Å²) in [6, 6.07) is 30.0. The first-order valence-electron chi connectivity index (χ1n) is 27.3. The second kappa shape index (κ2) is 26.3. The van der Waals surface area contributed by atoms with Crippen molar-refractivity contribution in [1.82, 2.24) is 0 Å². The second-order valence-corrected chi connectivity index (χ2v) is 25.4. The number of esters is 2. The minimum atomic E-state index is -5.88. The highest BCUT2D eigenvalue weighted by Gasteiger charge is 2.80. The molecule has 4 aromatic carbocycles. The van der Waals surface area contributed by atoms with Gasteiger partial charge in [-0.05, 0) is 95.2 Å². The maximum Gasteiger partial charge on any atom is 0.380 e. The Morgan fingerprint density at radius 2 is 0.699 bits per heavy atom. The van der Waals surface area contributed by atoms with E-state index >= 15 is 26.3 Å². The molecule has 0 atom stereocenters. The normalized spacial score (nSPS) is 15.3. The van der Waals surface area contributed by atoms with Crippen molar-refractivity contribution in [2.45, 2.75) is 109 Å². The Bertz CT molecular complexity index is 2970. The van der Waals surface area contributed by atoms with Crippen LogP contribution in [0.5, 0.6) is 0 Å². The van der Waals surface area contributed by atoms with E-state index in [2.05, 4.69) is 0 Å². The van der Waals surface area contributed by atoms with Gasteiger partial charge in [-0.15, -0.1) is 22.7 Å². The molecule has 7 rings (SSSR count). The minimum Gasteiger partial charge on any atom is -0.453 e. The van der Waals surface area contributed by atoms with Gasteiger partial charge in [0.15, 0.2) is 0 Å². The summed E-state index contributed by atoms with van der Waals surface area (Å²) >= 11 is 2.01. The molecular weight excluding hydrogens is 1120 g/mol. The van der Waals surface area contributed by atoms with E-state index in [4.69, 9.17) is 37.9 Å². The Morgan fingerprint density at radius 1 is 0.410 bits per heavy atom. The van der Waals surface area contributed by atoms with E-state index in [1.807, 2.05) is 65.8 Å². The van der Waals surface area contributed by atoms with Gasteiger partial charge in [-0.2, -0.15) is 26.3 Å². The molecule has 0 amide bonds. The standard InChI is InChI=1S/C65H74F6O10S2/c1-59(2,3)45-21-17-43(18-22-45)57-49(37-51(82-57)41-13-25-47(26-14-41)61(7,8)80-53(72)39-78-35-33-76-31-29-74-11)55-56(64(68,69)65(70,71)63(55,66)67)50-38-52(83-58(50)44-19-23-46(24-20-44)60(4,5)6)42-15-27-48(28-16-42)62(9,10)81-54(73)40-79-36-34-77-32-30-75-12/h13-28,37-38H,29-36,39-40H2,1-12H3. The Labute approximate surface area is 491 Å². The molecule has 0 spiro atoms. The molecule has 83 heavy (non-hydrogen) atoms. The molecule has 18 heteroatoms. The SMILES string of the molecule is COCCOCCOCC(=O)OC(C)(C)c1ccc(-c2cc(C3=C(c4cc(-c5ccc(C(C)(C)OC(=O)COCCOCCOC)cc5)sc4-c4ccc(C(C)(C)C)cc4)C(F)(F)C(F)(F)C3(F)F)c(-c3ccc(C(C)(C)C)cc3)s2)cc1. The summed E-state index contributed by atoms with van der Waals surface area (Å²) in [7, 11) is 3.12. The van der Waals surface area contributed by atoms with Crippen LogP contribution >= 0.6 is 22.7 Å². The summed E-state index contributed by atoms with van der Waals surface area (Å²) in [5.41, 5.74) is -2.35. The lowest BCUT2D eigenvalue weighted by atomic mass is 9.86. The van der Waals surface area contributed by atoms with Crippen LogP contribution < -0.4 is 0 Å². The summed E-state index contributed by atoms with van der Waals surface area (Å²) < 4.78 is 146. The van der Waals surface area contributed by atoms with E-state index in [1.165, 1.54) is 12.1 Å². The van der Waals surface area contributed by atoms with Crippen molar-refractivity contribution in [3.63, 3.8) is 0 Å². The average molecular weight is 1190 g/mol. The van der Waals surface area contributed by atoms with E-state index in [0.29, 0.717) is 69.6 Å². The van der Waals surface area contributed by atoms with Crippen molar-refractivity contribution in [1.29, 1.82) is 0 Å². The molecule has 0 saturated carbocycles. The first kappa shape index (κ1) is 64.9. The highest BCUT2D eigenvalue weighted by atomic mass is 32.1. The van der Waals surface area contributed by atoms with Crippen molar-refractivity contribution in [2.75, 3.05) is 80.3 Å².